The van der Waals surface area contributed by atoms with E-state index in [4.69, 9.17) is 10.5 Å². The highest BCUT2D eigenvalue weighted by molar-refractivity contribution is 4.82. The predicted octanol–water partition coefficient (Wildman–Crippen LogP) is 0.596. The highest BCUT2D eigenvalue weighted by Crippen LogP contribution is 2.36. The van der Waals surface area contributed by atoms with Gasteiger partial charge in [0.15, 0.2) is 0 Å². The zero-order valence-corrected chi connectivity index (χ0v) is 9.04. The lowest BCUT2D eigenvalue weighted by atomic mass is 10.0. The highest BCUT2D eigenvalue weighted by atomic mass is 16.5. The summed E-state index contributed by atoms with van der Waals surface area (Å²) in [5, 5.41) is 3.52. The van der Waals surface area contributed by atoms with Gasteiger partial charge in [-0.25, -0.2) is 0 Å². The Hall–Kier alpha value is -0.120. The molecule has 1 saturated heterocycles. The molecule has 0 aromatic heterocycles. The molecule has 3 nitrogen and oxygen atoms in total. The molecule has 1 aliphatic carbocycles. The average Bonchev–Trinajstić information content (AvgIpc) is 2.93. The summed E-state index contributed by atoms with van der Waals surface area (Å²) in [6, 6.07) is 0.249. The fraction of sp³-hybridized carbons (Fsp3) is 1.00. The van der Waals surface area contributed by atoms with E-state index in [0.717, 1.165) is 38.1 Å². The molecule has 3 unspecified atom stereocenters. The number of ether oxygens (including phenoxy) is 1. The van der Waals surface area contributed by atoms with Crippen LogP contribution in [0.5, 0.6) is 0 Å². The molecule has 2 aliphatic rings. The second-order valence-corrected chi connectivity index (χ2v) is 4.93. The van der Waals surface area contributed by atoms with Crippen molar-refractivity contribution < 1.29 is 4.74 Å². The second-order valence-electron chi connectivity index (χ2n) is 4.93. The average molecular weight is 198 g/mol. The van der Waals surface area contributed by atoms with E-state index in [2.05, 4.69) is 12.2 Å². The van der Waals surface area contributed by atoms with Gasteiger partial charge in [-0.2, -0.15) is 0 Å². The molecule has 0 aromatic rings. The first-order valence-electron chi connectivity index (χ1n) is 5.81. The van der Waals surface area contributed by atoms with Crippen LogP contribution < -0.4 is 11.1 Å². The van der Waals surface area contributed by atoms with Crippen molar-refractivity contribution in [2.24, 2.45) is 23.5 Å². The summed E-state index contributed by atoms with van der Waals surface area (Å²) >= 11 is 0. The van der Waals surface area contributed by atoms with E-state index in [0.29, 0.717) is 5.92 Å². The highest BCUT2D eigenvalue weighted by Gasteiger charge is 2.28. The van der Waals surface area contributed by atoms with Gasteiger partial charge >= 0.3 is 0 Å². The maximum Gasteiger partial charge on any atom is 0.0621 e. The molecule has 0 bridgehead atoms. The fourth-order valence-electron chi connectivity index (χ4n) is 2.15. The standard InChI is InChI=1S/C11H22N2O/c1-8(9-2-3-9)4-13-5-10-6-14-7-11(10)12/h8-11,13H,2-7,12H2,1H3. The molecule has 2 fully saturated rings. The summed E-state index contributed by atoms with van der Waals surface area (Å²) in [6.45, 7) is 6.10. The maximum absolute atomic E-state index is 5.90. The first kappa shape index (κ1) is 10.4. The zero-order valence-electron chi connectivity index (χ0n) is 9.04. The van der Waals surface area contributed by atoms with E-state index in [1.807, 2.05) is 0 Å². The van der Waals surface area contributed by atoms with Crippen molar-refractivity contribution in [3.63, 3.8) is 0 Å². The van der Waals surface area contributed by atoms with Gasteiger partial charge in [-0.05, 0) is 31.2 Å². The molecular formula is C11H22N2O. The number of nitrogens with two attached hydrogens (primary N) is 1. The van der Waals surface area contributed by atoms with Crippen molar-refractivity contribution >= 4 is 0 Å². The quantitative estimate of drug-likeness (QED) is 0.680. The van der Waals surface area contributed by atoms with Crippen molar-refractivity contribution in [2.45, 2.75) is 25.8 Å². The van der Waals surface area contributed by atoms with E-state index in [1.165, 1.54) is 12.8 Å². The van der Waals surface area contributed by atoms with Crippen LogP contribution in [0.3, 0.4) is 0 Å². The summed E-state index contributed by atoms with van der Waals surface area (Å²) in [4.78, 5) is 0. The van der Waals surface area contributed by atoms with Crippen LogP contribution in [0.25, 0.3) is 0 Å². The lowest BCUT2D eigenvalue weighted by Gasteiger charge is -2.16. The van der Waals surface area contributed by atoms with Crippen molar-refractivity contribution in [3.8, 4) is 0 Å². The van der Waals surface area contributed by atoms with Crippen LogP contribution in [0, 0.1) is 17.8 Å². The molecular weight excluding hydrogens is 176 g/mol. The Morgan fingerprint density at radius 2 is 2.21 bits per heavy atom. The Labute approximate surface area is 86.4 Å². The van der Waals surface area contributed by atoms with E-state index in [9.17, 15) is 0 Å². The summed E-state index contributed by atoms with van der Waals surface area (Å²) in [5.41, 5.74) is 5.90. The number of hydrogen-bond acceptors (Lipinski definition) is 3. The Kier molecular flexibility index (Phi) is 3.42. The van der Waals surface area contributed by atoms with Gasteiger partial charge in [0, 0.05) is 18.5 Å². The monoisotopic (exact) mass is 198 g/mol. The van der Waals surface area contributed by atoms with Crippen LogP contribution in [0.1, 0.15) is 19.8 Å². The van der Waals surface area contributed by atoms with Gasteiger partial charge in [-0.3, -0.25) is 0 Å². The third-order valence-corrected chi connectivity index (χ3v) is 3.55. The van der Waals surface area contributed by atoms with Gasteiger partial charge in [0.1, 0.15) is 0 Å². The number of rotatable bonds is 5. The largest absolute Gasteiger partial charge is 0.379 e. The molecule has 1 aliphatic heterocycles. The predicted molar refractivity (Wildman–Crippen MR) is 57.0 cm³/mol. The van der Waals surface area contributed by atoms with Gasteiger partial charge in [0.05, 0.1) is 13.2 Å². The minimum Gasteiger partial charge on any atom is -0.379 e. The summed E-state index contributed by atoms with van der Waals surface area (Å²) in [7, 11) is 0. The van der Waals surface area contributed by atoms with E-state index in [1.54, 1.807) is 0 Å². The Morgan fingerprint density at radius 3 is 2.79 bits per heavy atom. The number of hydrogen-bond donors (Lipinski definition) is 2. The fourth-order valence-corrected chi connectivity index (χ4v) is 2.15. The first-order valence-corrected chi connectivity index (χ1v) is 5.81. The molecule has 0 aromatic carbocycles. The van der Waals surface area contributed by atoms with Crippen molar-refractivity contribution in [1.29, 1.82) is 0 Å². The molecule has 1 heterocycles. The molecule has 1 saturated carbocycles. The molecule has 3 heteroatoms. The topological polar surface area (TPSA) is 47.3 Å². The number of nitrogens with one attached hydrogen (secondary N) is 1. The van der Waals surface area contributed by atoms with Crippen LogP contribution in [0.2, 0.25) is 0 Å². The molecule has 82 valence electrons. The maximum atomic E-state index is 5.90. The SMILES string of the molecule is CC(CNCC1COCC1N)C1CC1. The third kappa shape index (κ3) is 2.69. The lowest BCUT2D eigenvalue weighted by Crippen LogP contribution is -2.37. The minimum atomic E-state index is 0.249. The third-order valence-electron chi connectivity index (χ3n) is 3.55. The smallest absolute Gasteiger partial charge is 0.0621 e. The lowest BCUT2D eigenvalue weighted by molar-refractivity contribution is 0.183. The molecule has 14 heavy (non-hydrogen) atoms. The van der Waals surface area contributed by atoms with E-state index in [-0.39, 0.29) is 6.04 Å². The first-order chi connectivity index (χ1) is 6.77. The minimum absolute atomic E-state index is 0.249. The van der Waals surface area contributed by atoms with Crippen LogP contribution in [-0.4, -0.2) is 32.3 Å². The molecule has 0 radical (unpaired) electrons. The van der Waals surface area contributed by atoms with Crippen LogP contribution in [0.4, 0.5) is 0 Å². The zero-order chi connectivity index (χ0) is 9.97. The summed E-state index contributed by atoms with van der Waals surface area (Å²) in [6.07, 6.45) is 2.88. The second kappa shape index (κ2) is 4.60. The van der Waals surface area contributed by atoms with Crippen molar-refractivity contribution in [2.75, 3.05) is 26.3 Å². The molecule has 2 rings (SSSR count). The summed E-state index contributed by atoms with van der Waals surface area (Å²) < 4.78 is 5.32. The van der Waals surface area contributed by atoms with E-state index < -0.39 is 0 Å². The normalized spacial score (nSPS) is 34.7. The summed E-state index contributed by atoms with van der Waals surface area (Å²) in [5.74, 6) is 2.37. The molecule has 3 N–H and O–H groups in total. The van der Waals surface area contributed by atoms with Gasteiger partial charge < -0.3 is 15.8 Å². The van der Waals surface area contributed by atoms with Gasteiger partial charge in [-0.1, -0.05) is 6.92 Å². The van der Waals surface area contributed by atoms with Gasteiger partial charge in [0.2, 0.25) is 0 Å². The van der Waals surface area contributed by atoms with Crippen LogP contribution in [0.15, 0.2) is 0 Å². The molecule has 0 spiro atoms. The van der Waals surface area contributed by atoms with Crippen molar-refractivity contribution in [1.82, 2.24) is 5.32 Å². The van der Waals surface area contributed by atoms with Gasteiger partial charge in [0.25, 0.3) is 0 Å². The molecule has 0 amide bonds. The Balaban J connectivity index is 1.57. The Bertz CT molecular complexity index is 182. The van der Waals surface area contributed by atoms with Crippen LogP contribution >= 0.6 is 0 Å². The Morgan fingerprint density at radius 1 is 1.43 bits per heavy atom. The van der Waals surface area contributed by atoms with E-state index >= 15 is 0 Å². The van der Waals surface area contributed by atoms with Crippen LogP contribution in [-0.2, 0) is 4.74 Å². The van der Waals surface area contributed by atoms with Gasteiger partial charge in [-0.15, -0.1) is 0 Å². The van der Waals surface area contributed by atoms with Crippen molar-refractivity contribution in [3.05, 3.63) is 0 Å². The molecule has 3 atom stereocenters.